The third-order valence-electron chi connectivity index (χ3n) is 0. The van der Waals surface area contributed by atoms with Crippen molar-refractivity contribution in [2.24, 2.45) is 0 Å². The Morgan fingerprint density at radius 2 is 1.20 bits per heavy atom. The largest absolute Gasteiger partial charge is 2.00 e. The maximum Gasteiger partial charge on any atom is 2.00 e. The van der Waals surface area contributed by atoms with Gasteiger partial charge in [0.05, 0.1) is 0 Å². The van der Waals surface area contributed by atoms with E-state index in [-0.39, 0.29) is 19.5 Å². The van der Waals surface area contributed by atoms with E-state index in [0.29, 0.717) is 0 Å². The molecule has 0 atom stereocenters. The van der Waals surface area contributed by atoms with Gasteiger partial charge in [-0.15, -0.1) is 0 Å². The molecule has 0 fully saturated rings. The van der Waals surface area contributed by atoms with Crippen molar-refractivity contribution in [3.8, 4) is 0 Å². The number of hydrogen-bond donors (Lipinski definition) is 1. The first-order valence-corrected chi connectivity index (χ1v) is 5.20. The van der Waals surface area contributed by atoms with E-state index in [4.69, 9.17) is 27.8 Å². The van der Waals surface area contributed by atoms with Gasteiger partial charge in [0.1, 0.15) is 0 Å². The van der Waals surface area contributed by atoms with E-state index in [2.05, 4.69) is 0 Å². The Morgan fingerprint density at radius 1 is 1.20 bits per heavy atom. The zero-order chi connectivity index (χ0) is 8.08. The molecule has 0 aliphatic heterocycles. The van der Waals surface area contributed by atoms with Gasteiger partial charge < -0.3 is 16.0 Å². The first-order valence-electron chi connectivity index (χ1n) is 1.14. The molecule has 0 rings (SSSR count). The third-order valence-corrected chi connectivity index (χ3v) is 0. The van der Waals surface area contributed by atoms with Gasteiger partial charge >= 0.3 is 40.5 Å². The van der Waals surface area contributed by atoms with Crippen molar-refractivity contribution in [1.29, 1.82) is 0 Å². The average Bonchev–Trinajstić information content (AvgIpc) is 1.19. The Labute approximate surface area is 78.4 Å². The molecule has 0 heterocycles. The normalized spacial score (nSPS) is 9.40. The van der Waals surface area contributed by atoms with E-state index in [9.17, 15) is 0 Å². The zero-order valence-corrected chi connectivity index (χ0v) is 10.3. The van der Waals surface area contributed by atoms with E-state index in [1.165, 1.54) is 0 Å². The average molecular weight is 337 g/mol. The number of rotatable bonds is 0. The second-order valence-corrected chi connectivity index (χ2v) is 2.57. The molecule has 0 aromatic heterocycles. The molecule has 0 bridgehead atoms. The van der Waals surface area contributed by atoms with E-state index < -0.39 is 31.5 Å². The second-order valence-electron chi connectivity index (χ2n) is 0.609. The van der Waals surface area contributed by atoms with E-state index >= 15 is 0 Å². The van der Waals surface area contributed by atoms with Crippen molar-refractivity contribution < 1.29 is 68.4 Å². The fourth-order valence-corrected chi connectivity index (χ4v) is 0. The molecule has 0 unspecified atom stereocenters. The zero-order valence-electron chi connectivity index (χ0n) is 4.39. The van der Waals surface area contributed by atoms with Gasteiger partial charge in [-0.2, -0.15) is 0 Å². The summed E-state index contributed by atoms with van der Waals surface area (Å²) in [5.74, 6) is 0. The molecule has 0 amide bonds. The molecular formula is HIO7SZn. The minimum absolute atomic E-state index is 0. The topological polar surface area (TPSA) is 147 Å². The Balaban J connectivity index is -0.0000000910. The van der Waals surface area contributed by atoms with Gasteiger partial charge in [-0.3, -0.25) is 8.42 Å². The van der Waals surface area contributed by atoms with Gasteiger partial charge in [-0.25, -0.2) is 0 Å². The number of halogens is 1. The first-order chi connectivity index (χ1) is 3.73. The van der Waals surface area contributed by atoms with Gasteiger partial charge in [0.15, 0.2) is 0 Å². The van der Waals surface area contributed by atoms with Crippen LogP contribution in [0, 0.1) is 0 Å². The molecule has 0 aromatic rings. The summed E-state index contributed by atoms with van der Waals surface area (Å²) < 4.78 is 58.6. The molecule has 0 saturated heterocycles. The molecule has 1 N–H and O–H groups in total. The summed E-state index contributed by atoms with van der Waals surface area (Å²) in [7, 11) is -5.17. The minimum Gasteiger partial charge on any atom is -0.759 e. The smallest absolute Gasteiger partial charge is 0.759 e. The van der Waals surface area contributed by atoms with Crippen LogP contribution in [0.3, 0.4) is 0 Å². The molecular weight excluding hydrogens is 336 g/mol. The molecule has 58 valence electrons. The Kier molecular flexibility index (Phi) is 14.2. The van der Waals surface area contributed by atoms with Gasteiger partial charge in [0, 0.05) is 10.4 Å². The first kappa shape index (κ1) is 17.3. The summed E-state index contributed by atoms with van der Waals surface area (Å²) in [6.45, 7) is 0. The van der Waals surface area contributed by atoms with E-state index in [1.807, 2.05) is 0 Å². The summed E-state index contributed by atoms with van der Waals surface area (Å²) in [5.41, 5.74) is 0. The van der Waals surface area contributed by atoms with Crippen LogP contribution in [0.25, 0.3) is 0 Å². The van der Waals surface area contributed by atoms with Crippen molar-refractivity contribution in [3.63, 3.8) is 0 Å². The van der Waals surface area contributed by atoms with Crippen molar-refractivity contribution in [1.82, 2.24) is 0 Å². The third kappa shape index (κ3) is 491. The Bertz CT molecular complexity index is 125. The van der Waals surface area contributed by atoms with Crippen molar-refractivity contribution in [2.45, 2.75) is 0 Å². The van der Waals surface area contributed by atoms with Crippen LogP contribution in [0.1, 0.15) is 0 Å². The summed E-state index contributed by atoms with van der Waals surface area (Å²) in [5, 5.41) is 0. The van der Waals surface area contributed by atoms with Crippen LogP contribution in [0.5, 0.6) is 0 Å². The van der Waals surface area contributed by atoms with Gasteiger partial charge in [0.2, 0.25) is 0 Å². The molecule has 10 heavy (non-hydrogen) atoms. The Morgan fingerprint density at radius 3 is 1.20 bits per heavy atom. The van der Waals surface area contributed by atoms with Crippen LogP contribution in [0.15, 0.2) is 0 Å². The summed E-state index contributed by atoms with van der Waals surface area (Å²) in [6, 6.07) is 0. The standard InChI is InChI=1S/HIO3.H2O4S.Zn/c2-1(3)4;1-5(2,3)4;/h2H;(H2,1,2,3,4);/q;;+2/p-2. The van der Waals surface area contributed by atoms with Crippen LogP contribution in [0.2, 0.25) is 0 Å². The fraction of sp³-hybridized carbons (Fsp3) is 0. The molecule has 0 spiro atoms. The minimum atomic E-state index is -5.17. The Hall–Kier alpha value is 1.10. The second kappa shape index (κ2) is 8.20. The molecule has 0 radical (unpaired) electrons. The van der Waals surface area contributed by atoms with Crippen molar-refractivity contribution in [3.05, 3.63) is 0 Å². The van der Waals surface area contributed by atoms with E-state index in [0.717, 1.165) is 0 Å². The molecule has 10 heteroatoms. The quantitative estimate of drug-likeness (QED) is 0.200. The fourth-order valence-electron chi connectivity index (χ4n) is 0. The maximum atomic E-state index is 8.68. The molecule has 7 nitrogen and oxygen atoms in total. The maximum absolute atomic E-state index is 8.68. The SMILES string of the molecule is O=S(=O)([O-])[O-].[O-][I+2]([O-])O.[Zn+2]. The van der Waals surface area contributed by atoms with Gasteiger partial charge in [-0.05, 0) is 3.44 Å². The number of hydrogen-bond acceptors (Lipinski definition) is 7. The van der Waals surface area contributed by atoms with Crippen LogP contribution < -0.4 is 27.9 Å². The van der Waals surface area contributed by atoms with Crippen LogP contribution in [0.4, 0.5) is 0 Å². The summed E-state index contributed by atoms with van der Waals surface area (Å²) >= 11 is -3.76. The monoisotopic (exact) mass is 336 g/mol. The molecule has 0 aliphatic carbocycles. The van der Waals surface area contributed by atoms with Gasteiger partial charge in [0.25, 0.3) is 0 Å². The van der Waals surface area contributed by atoms with Crippen LogP contribution >= 0.6 is 0 Å². The van der Waals surface area contributed by atoms with Gasteiger partial charge in [-0.1, -0.05) is 0 Å². The summed E-state index contributed by atoms with van der Waals surface area (Å²) in [6.07, 6.45) is 0. The molecule has 0 aliphatic rings. The predicted octanol–water partition coefficient (Wildman–Crippen LogP) is -7.27. The summed E-state index contributed by atoms with van der Waals surface area (Å²) in [4.78, 5) is 0. The predicted molar refractivity (Wildman–Crippen MR) is 12.7 cm³/mol. The van der Waals surface area contributed by atoms with Crippen LogP contribution in [-0.4, -0.2) is 21.0 Å². The van der Waals surface area contributed by atoms with Crippen LogP contribution in [-0.2, 0) is 29.9 Å². The van der Waals surface area contributed by atoms with Crippen molar-refractivity contribution in [2.75, 3.05) is 0 Å². The van der Waals surface area contributed by atoms with Crippen molar-refractivity contribution >= 4 is 10.4 Å². The molecule has 0 saturated carbocycles. The van der Waals surface area contributed by atoms with E-state index in [1.54, 1.807) is 0 Å². The molecule has 0 aromatic carbocycles.